The van der Waals surface area contributed by atoms with Crippen LogP contribution in [0, 0.1) is 0 Å². The zero-order valence-electron chi connectivity index (χ0n) is 9.20. The quantitative estimate of drug-likeness (QED) is 0.448. The van der Waals surface area contributed by atoms with E-state index in [0.29, 0.717) is 0 Å². The molecule has 0 aromatic carbocycles. The molecule has 0 N–H and O–H groups in total. The molecule has 0 bridgehead atoms. The maximum absolute atomic E-state index is 11.8. The topological polar surface area (TPSA) is 69.7 Å². The van der Waals surface area contributed by atoms with Crippen LogP contribution < -0.4 is 0 Å². The van der Waals surface area contributed by atoms with Crippen LogP contribution in [0.4, 0.5) is 13.2 Å². The molecule has 0 heterocycles. The summed E-state index contributed by atoms with van der Waals surface area (Å²) < 4.78 is 64.4. The molecule has 0 rings (SSSR count). The smallest absolute Gasteiger partial charge is 0.459 e. The molecule has 0 radical (unpaired) electrons. The Morgan fingerprint density at radius 3 is 2.06 bits per heavy atom. The molecule has 0 aliphatic heterocycles. The first-order chi connectivity index (χ1) is 7.35. The van der Waals surface area contributed by atoms with Crippen LogP contribution in [0.5, 0.6) is 0 Å². The average Bonchev–Trinajstić information content (AvgIpc) is 1.97. The summed E-state index contributed by atoms with van der Waals surface area (Å²) in [4.78, 5) is 11.0. The Bertz CT molecular complexity index is 368. The third kappa shape index (κ3) is 6.74. The first-order valence-electron chi connectivity index (χ1n) is 4.19. The first kappa shape index (κ1) is 16.5. The monoisotopic (exact) mass is 296 g/mol. The molecule has 0 aromatic heterocycles. The van der Waals surface area contributed by atoms with Gasteiger partial charge >= 0.3 is 21.6 Å². The van der Waals surface area contributed by atoms with Crippen LogP contribution in [0.25, 0.3) is 0 Å². The minimum absolute atomic E-state index is 0.147. The number of esters is 1. The fourth-order valence-electron chi connectivity index (χ4n) is 0.545. The highest BCUT2D eigenvalue weighted by Crippen LogP contribution is 2.28. The maximum atomic E-state index is 11.8. The molecule has 17 heavy (non-hydrogen) atoms. The van der Waals surface area contributed by atoms with Gasteiger partial charge < -0.3 is 4.74 Å². The van der Waals surface area contributed by atoms with Gasteiger partial charge in [0.15, 0.2) is 0 Å². The third-order valence-corrected chi connectivity index (χ3v) is 3.04. The van der Waals surface area contributed by atoms with Gasteiger partial charge in [0.2, 0.25) is 0 Å². The standard InChI is InChI=1S/C7H11F3O5S2/c1-6(2,3)14-5(11)4-16-15-17(12,13)7(8,9)10/h4H2,1-3H3. The van der Waals surface area contributed by atoms with E-state index in [-0.39, 0.29) is 12.0 Å². The summed E-state index contributed by atoms with van der Waals surface area (Å²) in [5.41, 5.74) is -6.31. The summed E-state index contributed by atoms with van der Waals surface area (Å²) in [7, 11) is -5.68. The number of rotatable bonds is 4. The van der Waals surface area contributed by atoms with Crippen molar-refractivity contribution >= 4 is 28.1 Å². The van der Waals surface area contributed by atoms with Crippen molar-refractivity contribution in [3.05, 3.63) is 0 Å². The van der Waals surface area contributed by atoms with Gasteiger partial charge in [-0.2, -0.15) is 25.2 Å². The fraction of sp³-hybridized carbons (Fsp3) is 0.857. The Labute approximate surface area is 101 Å². The molecule has 102 valence electrons. The largest absolute Gasteiger partial charge is 0.524 e. The average molecular weight is 296 g/mol. The van der Waals surface area contributed by atoms with E-state index in [1.807, 2.05) is 0 Å². The predicted molar refractivity (Wildman–Crippen MR) is 54.4 cm³/mol. The number of carbonyl (C=O) groups is 1. The van der Waals surface area contributed by atoms with Gasteiger partial charge in [-0.3, -0.25) is 4.79 Å². The van der Waals surface area contributed by atoms with Crippen LogP contribution in [0.2, 0.25) is 0 Å². The Hall–Kier alpha value is -0.480. The van der Waals surface area contributed by atoms with Gasteiger partial charge in [-0.15, -0.1) is 0 Å². The lowest BCUT2D eigenvalue weighted by atomic mass is 10.2. The van der Waals surface area contributed by atoms with Crippen molar-refractivity contribution in [1.29, 1.82) is 0 Å². The Balaban J connectivity index is 4.15. The summed E-state index contributed by atoms with van der Waals surface area (Å²) in [6.45, 7) is 4.68. The van der Waals surface area contributed by atoms with Crippen molar-refractivity contribution in [1.82, 2.24) is 0 Å². The highest BCUT2D eigenvalue weighted by molar-refractivity contribution is 8.05. The van der Waals surface area contributed by atoms with Crippen molar-refractivity contribution in [2.24, 2.45) is 0 Å². The van der Waals surface area contributed by atoms with Gasteiger partial charge in [-0.05, 0) is 20.8 Å². The minimum atomic E-state index is -5.68. The van der Waals surface area contributed by atoms with Gasteiger partial charge in [-0.25, -0.2) is 0 Å². The molecule has 0 spiro atoms. The fourth-order valence-corrected chi connectivity index (χ4v) is 1.71. The van der Waals surface area contributed by atoms with Gasteiger partial charge in [0.25, 0.3) is 0 Å². The van der Waals surface area contributed by atoms with Crippen molar-refractivity contribution in [2.45, 2.75) is 31.9 Å². The van der Waals surface area contributed by atoms with E-state index in [0.717, 1.165) is 0 Å². The summed E-state index contributed by atoms with van der Waals surface area (Å²) >= 11 is -0.147. The van der Waals surface area contributed by atoms with Crippen LogP contribution >= 0.6 is 12.0 Å². The van der Waals surface area contributed by atoms with Crippen molar-refractivity contribution in [2.75, 3.05) is 5.75 Å². The number of hydrogen-bond acceptors (Lipinski definition) is 6. The second-order valence-electron chi connectivity index (χ2n) is 3.82. The maximum Gasteiger partial charge on any atom is 0.524 e. The van der Waals surface area contributed by atoms with Gasteiger partial charge in [0, 0.05) is 12.0 Å². The summed E-state index contributed by atoms with van der Waals surface area (Å²) in [5, 5.41) is 0. The number of carbonyl (C=O) groups excluding carboxylic acids is 1. The SMILES string of the molecule is CC(C)(C)OC(=O)CSOS(=O)(=O)C(F)(F)F. The highest BCUT2D eigenvalue weighted by Gasteiger charge is 2.48. The van der Waals surface area contributed by atoms with Gasteiger partial charge in [0.1, 0.15) is 11.4 Å². The van der Waals surface area contributed by atoms with Crippen LogP contribution in [0.15, 0.2) is 0 Å². The summed E-state index contributed by atoms with van der Waals surface area (Å²) in [6, 6.07) is 0. The number of ether oxygens (including phenoxy) is 1. The summed E-state index contributed by atoms with van der Waals surface area (Å²) in [6.07, 6.45) is 0. The third-order valence-electron chi connectivity index (χ3n) is 1.02. The molecule has 0 aliphatic rings. The van der Waals surface area contributed by atoms with E-state index in [1.54, 1.807) is 20.8 Å². The second-order valence-corrected chi connectivity index (χ2v) is 6.26. The minimum Gasteiger partial charge on any atom is -0.459 e. The molecule has 10 heteroatoms. The van der Waals surface area contributed by atoms with Crippen LogP contribution in [-0.2, 0) is 23.3 Å². The van der Waals surface area contributed by atoms with Crippen molar-refractivity contribution in [3.8, 4) is 0 Å². The zero-order valence-corrected chi connectivity index (χ0v) is 10.8. The van der Waals surface area contributed by atoms with Crippen LogP contribution in [-0.4, -0.2) is 31.2 Å². The lowest BCUT2D eigenvalue weighted by molar-refractivity contribution is -0.151. The van der Waals surface area contributed by atoms with E-state index in [2.05, 4.69) is 3.63 Å². The Morgan fingerprint density at radius 2 is 1.71 bits per heavy atom. The molecule has 0 aliphatic carbocycles. The van der Waals surface area contributed by atoms with Crippen molar-refractivity contribution < 1.29 is 34.7 Å². The molecular formula is C7H11F3O5S2. The zero-order chi connectivity index (χ0) is 13.9. The Kier molecular flexibility index (Phi) is 5.29. The van der Waals surface area contributed by atoms with E-state index < -0.39 is 32.9 Å². The van der Waals surface area contributed by atoms with E-state index in [4.69, 9.17) is 4.74 Å². The number of halogens is 3. The summed E-state index contributed by atoms with van der Waals surface area (Å²) in [5.74, 6) is -1.54. The molecule has 0 unspecified atom stereocenters. The highest BCUT2D eigenvalue weighted by atomic mass is 32.3. The van der Waals surface area contributed by atoms with E-state index in [9.17, 15) is 26.4 Å². The molecule has 0 aromatic rings. The molecule has 0 amide bonds. The van der Waals surface area contributed by atoms with Crippen molar-refractivity contribution in [3.63, 3.8) is 0 Å². The Morgan fingerprint density at radius 1 is 1.24 bits per heavy atom. The number of alkyl halides is 3. The molecule has 0 saturated heterocycles. The first-order valence-corrected chi connectivity index (χ1v) is 6.51. The van der Waals surface area contributed by atoms with Crippen LogP contribution in [0.1, 0.15) is 20.8 Å². The normalized spacial score (nSPS) is 13.5. The van der Waals surface area contributed by atoms with E-state index >= 15 is 0 Å². The molecule has 0 fully saturated rings. The second kappa shape index (κ2) is 5.44. The molecule has 5 nitrogen and oxygen atoms in total. The molecular weight excluding hydrogens is 285 g/mol. The lowest BCUT2D eigenvalue weighted by Crippen LogP contribution is -2.26. The lowest BCUT2D eigenvalue weighted by Gasteiger charge is -2.19. The number of hydrogen-bond donors (Lipinski definition) is 0. The molecule has 0 atom stereocenters. The molecule has 0 saturated carbocycles. The predicted octanol–water partition coefficient (Wildman–Crippen LogP) is 1.84. The van der Waals surface area contributed by atoms with E-state index in [1.165, 1.54) is 0 Å². The van der Waals surface area contributed by atoms with Crippen LogP contribution in [0.3, 0.4) is 0 Å². The van der Waals surface area contributed by atoms with Gasteiger partial charge in [-0.1, -0.05) is 0 Å². The van der Waals surface area contributed by atoms with Gasteiger partial charge in [0.05, 0.1) is 0 Å².